The molecule has 0 spiro atoms. The summed E-state index contributed by atoms with van der Waals surface area (Å²) in [6.45, 7) is 1.80. The van der Waals surface area contributed by atoms with Gasteiger partial charge >= 0.3 is 0 Å². The number of aromatic nitrogens is 3. The number of nitrogens with zero attached hydrogens (tertiary/aromatic N) is 4. The van der Waals surface area contributed by atoms with Crippen LogP contribution in [-0.2, 0) is 13.5 Å². The van der Waals surface area contributed by atoms with Crippen LogP contribution in [0, 0.1) is 11.6 Å². The van der Waals surface area contributed by atoms with Gasteiger partial charge in [-0.05, 0) is 18.1 Å². The van der Waals surface area contributed by atoms with E-state index >= 15 is 0 Å². The van der Waals surface area contributed by atoms with Crippen molar-refractivity contribution >= 4 is 28.4 Å². The lowest BCUT2D eigenvalue weighted by Gasteiger charge is -2.22. The number of imidazole rings is 1. The summed E-state index contributed by atoms with van der Waals surface area (Å²) in [5.74, 6) is -1.76. The van der Waals surface area contributed by atoms with Gasteiger partial charge in [-0.15, -0.1) is 0 Å². The molecule has 3 rings (SSSR count). The van der Waals surface area contributed by atoms with Crippen LogP contribution >= 0.6 is 0 Å². The molecule has 0 bridgehead atoms. The van der Waals surface area contributed by atoms with E-state index < -0.39 is 17.5 Å². The molecule has 6 nitrogen and oxygen atoms in total. The van der Waals surface area contributed by atoms with E-state index in [1.54, 1.807) is 38.0 Å². The normalized spacial score (nSPS) is 11.1. The standard InChI is InChI=1S/C17H17F2N5O/c1-4-9-5-10(18)6-11(19)16(9)24(3)13-7-12-14(21-8-23(12)2)15(22-13)17(20)25/h5-8H,4H2,1-3H3,(H2,20,25). The van der Waals surface area contributed by atoms with E-state index in [0.717, 1.165) is 6.07 Å². The number of carbonyl (C=O) groups is 1. The van der Waals surface area contributed by atoms with E-state index in [4.69, 9.17) is 5.73 Å². The molecule has 2 N–H and O–H groups in total. The van der Waals surface area contributed by atoms with Crippen molar-refractivity contribution < 1.29 is 13.6 Å². The van der Waals surface area contributed by atoms with Crippen LogP contribution in [0.25, 0.3) is 11.0 Å². The summed E-state index contributed by atoms with van der Waals surface area (Å²) in [4.78, 5) is 21.6. The van der Waals surface area contributed by atoms with Crippen LogP contribution in [0.4, 0.5) is 20.3 Å². The minimum Gasteiger partial charge on any atom is -0.364 e. The summed E-state index contributed by atoms with van der Waals surface area (Å²) in [7, 11) is 3.37. The largest absolute Gasteiger partial charge is 0.364 e. The van der Waals surface area contributed by atoms with Crippen LogP contribution in [0.1, 0.15) is 23.0 Å². The fraction of sp³-hybridized carbons (Fsp3) is 0.235. The van der Waals surface area contributed by atoms with E-state index in [-0.39, 0.29) is 11.4 Å². The van der Waals surface area contributed by atoms with Gasteiger partial charge in [-0.25, -0.2) is 18.7 Å². The summed E-state index contributed by atoms with van der Waals surface area (Å²) >= 11 is 0. The molecule has 130 valence electrons. The van der Waals surface area contributed by atoms with Crippen molar-refractivity contribution in [3.05, 3.63) is 47.4 Å². The molecule has 0 aliphatic rings. The van der Waals surface area contributed by atoms with Gasteiger partial charge in [0.15, 0.2) is 5.69 Å². The number of carbonyl (C=O) groups excluding carboxylic acids is 1. The summed E-state index contributed by atoms with van der Waals surface area (Å²) in [5, 5.41) is 0. The number of primary amides is 1. The van der Waals surface area contributed by atoms with Gasteiger partial charge in [0.1, 0.15) is 23.0 Å². The topological polar surface area (TPSA) is 77.0 Å². The maximum atomic E-state index is 14.4. The van der Waals surface area contributed by atoms with Gasteiger partial charge in [0.05, 0.1) is 17.5 Å². The van der Waals surface area contributed by atoms with Crippen LogP contribution in [-0.4, -0.2) is 27.5 Å². The molecule has 2 heterocycles. The highest BCUT2D eigenvalue weighted by Crippen LogP contribution is 2.32. The van der Waals surface area contributed by atoms with Crippen molar-refractivity contribution in [3.8, 4) is 0 Å². The minimum absolute atomic E-state index is 0.000480. The number of fused-ring (bicyclic) bond motifs is 1. The van der Waals surface area contributed by atoms with Gasteiger partial charge in [0, 0.05) is 26.2 Å². The third kappa shape index (κ3) is 2.79. The molecule has 1 amide bonds. The second kappa shape index (κ2) is 6.12. The molecule has 2 aromatic heterocycles. The molecular formula is C17H17F2N5O. The summed E-state index contributed by atoms with van der Waals surface area (Å²) in [5.41, 5.74) is 7.11. The van der Waals surface area contributed by atoms with Crippen LogP contribution in [0.5, 0.6) is 0 Å². The maximum Gasteiger partial charge on any atom is 0.269 e. The van der Waals surface area contributed by atoms with Gasteiger partial charge in [-0.1, -0.05) is 6.92 Å². The Balaban J connectivity index is 2.23. The van der Waals surface area contributed by atoms with Crippen LogP contribution in [0.15, 0.2) is 24.5 Å². The van der Waals surface area contributed by atoms with E-state index in [1.807, 2.05) is 0 Å². The lowest BCUT2D eigenvalue weighted by Crippen LogP contribution is -2.19. The smallest absolute Gasteiger partial charge is 0.269 e. The maximum absolute atomic E-state index is 14.4. The number of pyridine rings is 1. The van der Waals surface area contributed by atoms with Gasteiger partial charge < -0.3 is 15.2 Å². The molecule has 0 aliphatic heterocycles. The molecule has 0 unspecified atom stereocenters. The van der Waals surface area contributed by atoms with Crippen LogP contribution in [0.3, 0.4) is 0 Å². The molecule has 0 radical (unpaired) electrons. The number of hydrogen-bond acceptors (Lipinski definition) is 4. The Kier molecular flexibility index (Phi) is 4.12. The van der Waals surface area contributed by atoms with Crippen molar-refractivity contribution in [3.63, 3.8) is 0 Å². The number of benzene rings is 1. The summed E-state index contributed by atoms with van der Waals surface area (Å²) < 4.78 is 29.6. The number of aryl methyl sites for hydroxylation is 2. The molecule has 8 heteroatoms. The zero-order valence-electron chi connectivity index (χ0n) is 14.0. The monoisotopic (exact) mass is 345 g/mol. The third-order valence-corrected chi connectivity index (χ3v) is 4.10. The quantitative estimate of drug-likeness (QED) is 0.789. The highest BCUT2D eigenvalue weighted by molar-refractivity contribution is 6.03. The first-order valence-corrected chi connectivity index (χ1v) is 7.67. The lowest BCUT2D eigenvalue weighted by atomic mass is 10.1. The van der Waals surface area contributed by atoms with E-state index in [0.29, 0.717) is 28.8 Å². The predicted molar refractivity (Wildman–Crippen MR) is 90.8 cm³/mol. The lowest BCUT2D eigenvalue weighted by molar-refractivity contribution is 0.0997. The Morgan fingerprint density at radius 1 is 1.32 bits per heavy atom. The van der Waals surface area contributed by atoms with Crippen molar-refractivity contribution in [1.29, 1.82) is 0 Å². The van der Waals surface area contributed by atoms with E-state index in [9.17, 15) is 13.6 Å². The van der Waals surface area contributed by atoms with E-state index in [1.165, 1.54) is 11.0 Å². The summed E-state index contributed by atoms with van der Waals surface area (Å²) in [6.07, 6.45) is 1.98. The van der Waals surface area contributed by atoms with Gasteiger partial charge in [-0.3, -0.25) is 4.79 Å². The Morgan fingerprint density at radius 3 is 2.68 bits per heavy atom. The Hall–Kier alpha value is -3.03. The minimum atomic E-state index is -0.728. The second-order valence-electron chi connectivity index (χ2n) is 5.72. The molecule has 0 atom stereocenters. The average molecular weight is 345 g/mol. The third-order valence-electron chi connectivity index (χ3n) is 4.10. The molecule has 25 heavy (non-hydrogen) atoms. The Morgan fingerprint density at radius 2 is 2.04 bits per heavy atom. The number of rotatable bonds is 4. The molecule has 0 saturated carbocycles. The van der Waals surface area contributed by atoms with Crippen molar-refractivity contribution in [1.82, 2.24) is 14.5 Å². The molecule has 0 saturated heterocycles. The fourth-order valence-corrected chi connectivity index (χ4v) is 2.84. The van der Waals surface area contributed by atoms with Crippen molar-refractivity contribution in [2.24, 2.45) is 12.8 Å². The first-order valence-electron chi connectivity index (χ1n) is 7.67. The SMILES string of the molecule is CCc1cc(F)cc(F)c1N(C)c1cc2c(ncn2C)c(C(N)=O)n1. The fourth-order valence-electron chi connectivity index (χ4n) is 2.84. The van der Waals surface area contributed by atoms with Crippen LogP contribution in [0.2, 0.25) is 0 Å². The van der Waals surface area contributed by atoms with Crippen molar-refractivity contribution in [2.75, 3.05) is 11.9 Å². The molecule has 0 aliphatic carbocycles. The number of halogens is 2. The van der Waals surface area contributed by atoms with Crippen molar-refractivity contribution in [2.45, 2.75) is 13.3 Å². The molecule has 0 fully saturated rings. The highest BCUT2D eigenvalue weighted by atomic mass is 19.1. The Labute approximate surface area is 142 Å². The van der Waals surface area contributed by atoms with Gasteiger partial charge in [-0.2, -0.15) is 0 Å². The zero-order valence-corrected chi connectivity index (χ0v) is 14.0. The highest BCUT2D eigenvalue weighted by Gasteiger charge is 2.20. The number of amides is 1. The Bertz CT molecular complexity index is 983. The van der Waals surface area contributed by atoms with Crippen LogP contribution < -0.4 is 10.6 Å². The van der Waals surface area contributed by atoms with Gasteiger partial charge in [0.25, 0.3) is 5.91 Å². The number of hydrogen-bond donors (Lipinski definition) is 1. The summed E-state index contributed by atoms with van der Waals surface area (Å²) in [6, 6.07) is 3.78. The van der Waals surface area contributed by atoms with Gasteiger partial charge in [0.2, 0.25) is 0 Å². The molecule has 1 aromatic carbocycles. The zero-order chi connectivity index (χ0) is 18.3. The number of anilines is 2. The van der Waals surface area contributed by atoms with E-state index in [2.05, 4.69) is 9.97 Å². The first kappa shape index (κ1) is 16.8. The molecular weight excluding hydrogens is 328 g/mol. The molecule has 3 aromatic rings. The first-order chi connectivity index (χ1) is 11.8. The second-order valence-corrected chi connectivity index (χ2v) is 5.72. The average Bonchev–Trinajstić information content (AvgIpc) is 2.93. The predicted octanol–water partition coefficient (Wildman–Crippen LogP) is 2.68. The number of nitrogens with two attached hydrogens (primary N) is 1.